The summed E-state index contributed by atoms with van der Waals surface area (Å²) in [7, 11) is 1.62. The smallest absolute Gasteiger partial charge is 0.263 e. The van der Waals surface area contributed by atoms with Crippen LogP contribution in [0.2, 0.25) is 0 Å². The normalized spacial score (nSPS) is 10.1. The van der Waals surface area contributed by atoms with E-state index < -0.39 is 0 Å². The Morgan fingerprint density at radius 2 is 2.28 bits per heavy atom. The highest BCUT2D eigenvalue weighted by Gasteiger charge is 2.10. The lowest BCUT2D eigenvalue weighted by atomic mass is 10.2. The standard InChI is InChI=1S/C11H15N5O2/c1-3-18-10-8(5-4-6-9(10)17-2)7-12-11-13-15-16-14-11/h4-6H,3,7H2,1-2H3,(H2,12,13,14,15,16). The minimum atomic E-state index is 0.445. The molecular formula is C11H15N5O2. The van der Waals surface area contributed by atoms with Crippen molar-refractivity contribution in [3.63, 3.8) is 0 Å². The van der Waals surface area contributed by atoms with E-state index in [1.165, 1.54) is 0 Å². The molecule has 0 unspecified atom stereocenters. The predicted molar refractivity (Wildman–Crippen MR) is 65.7 cm³/mol. The van der Waals surface area contributed by atoms with Gasteiger partial charge in [0.2, 0.25) is 0 Å². The van der Waals surface area contributed by atoms with Gasteiger partial charge in [-0.1, -0.05) is 17.2 Å². The van der Waals surface area contributed by atoms with E-state index in [1.54, 1.807) is 7.11 Å². The summed E-state index contributed by atoms with van der Waals surface area (Å²) in [5.41, 5.74) is 0.973. The molecule has 0 saturated carbocycles. The Morgan fingerprint density at radius 1 is 1.39 bits per heavy atom. The Balaban J connectivity index is 2.15. The first kappa shape index (κ1) is 12.2. The lowest BCUT2D eigenvalue weighted by Gasteiger charge is -2.13. The number of rotatable bonds is 6. The molecule has 2 aromatic rings. The number of H-pyrrole nitrogens is 1. The summed E-state index contributed by atoms with van der Waals surface area (Å²) >= 11 is 0. The zero-order valence-electron chi connectivity index (χ0n) is 10.3. The molecule has 2 rings (SSSR count). The van der Waals surface area contributed by atoms with Crippen molar-refractivity contribution in [1.82, 2.24) is 20.6 Å². The Labute approximate surface area is 104 Å². The maximum atomic E-state index is 5.60. The van der Waals surface area contributed by atoms with Crippen molar-refractivity contribution in [3.05, 3.63) is 23.8 Å². The van der Waals surface area contributed by atoms with Crippen LogP contribution in [0.15, 0.2) is 18.2 Å². The van der Waals surface area contributed by atoms with Crippen molar-refractivity contribution in [3.8, 4) is 11.5 Å². The molecular weight excluding hydrogens is 234 g/mol. The third-order valence-corrected chi connectivity index (χ3v) is 2.35. The highest BCUT2D eigenvalue weighted by atomic mass is 16.5. The number of aromatic nitrogens is 4. The Morgan fingerprint density at radius 3 is 2.94 bits per heavy atom. The van der Waals surface area contributed by atoms with Gasteiger partial charge >= 0.3 is 0 Å². The second-order valence-corrected chi connectivity index (χ2v) is 3.47. The molecule has 0 radical (unpaired) electrons. The molecule has 0 aliphatic heterocycles. The van der Waals surface area contributed by atoms with Gasteiger partial charge in [0.05, 0.1) is 13.7 Å². The average molecular weight is 249 g/mol. The molecule has 2 N–H and O–H groups in total. The Hall–Kier alpha value is -2.31. The molecule has 0 fully saturated rings. The fourth-order valence-corrected chi connectivity index (χ4v) is 1.58. The van der Waals surface area contributed by atoms with Gasteiger partial charge in [0, 0.05) is 12.1 Å². The highest BCUT2D eigenvalue weighted by Crippen LogP contribution is 2.31. The van der Waals surface area contributed by atoms with Crippen LogP contribution in [0.25, 0.3) is 0 Å². The molecule has 7 nitrogen and oxygen atoms in total. The van der Waals surface area contributed by atoms with E-state index in [-0.39, 0.29) is 0 Å². The first-order chi connectivity index (χ1) is 8.85. The van der Waals surface area contributed by atoms with Crippen molar-refractivity contribution in [2.24, 2.45) is 0 Å². The molecule has 0 aliphatic carbocycles. The number of ether oxygens (including phenoxy) is 2. The first-order valence-electron chi connectivity index (χ1n) is 5.61. The fraction of sp³-hybridized carbons (Fsp3) is 0.364. The van der Waals surface area contributed by atoms with Crippen LogP contribution in [-0.2, 0) is 6.54 Å². The maximum Gasteiger partial charge on any atom is 0.263 e. The summed E-state index contributed by atoms with van der Waals surface area (Å²) < 4.78 is 10.9. The van der Waals surface area contributed by atoms with Crippen LogP contribution in [0.3, 0.4) is 0 Å². The number of methoxy groups -OCH3 is 1. The van der Waals surface area contributed by atoms with Gasteiger partial charge < -0.3 is 14.8 Å². The fourth-order valence-electron chi connectivity index (χ4n) is 1.58. The molecule has 1 heterocycles. The number of tetrazole rings is 1. The maximum absolute atomic E-state index is 5.60. The quantitative estimate of drug-likeness (QED) is 0.800. The van der Waals surface area contributed by atoms with E-state index >= 15 is 0 Å². The van der Waals surface area contributed by atoms with Crippen LogP contribution in [0.5, 0.6) is 11.5 Å². The van der Waals surface area contributed by atoms with Crippen LogP contribution >= 0.6 is 0 Å². The summed E-state index contributed by atoms with van der Waals surface area (Å²) in [4.78, 5) is 0. The SMILES string of the molecule is CCOc1c(CNc2nn[nH]n2)cccc1OC. The van der Waals surface area contributed by atoms with E-state index in [2.05, 4.69) is 25.9 Å². The van der Waals surface area contributed by atoms with Gasteiger partial charge in [-0.15, -0.1) is 5.10 Å². The van der Waals surface area contributed by atoms with Gasteiger partial charge in [-0.05, 0) is 18.2 Å². The summed E-state index contributed by atoms with van der Waals surface area (Å²) in [6, 6.07) is 5.73. The largest absolute Gasteiger partial charge is 0.493 e. The summed E-state index contributed by atoms with van der Waals surface area (Å²) in [5.74, 6) is 1.89. The lowest BCUT2D eigenvalue weighted by Crippen LogP contribution is -2.05. The number of hydrogen-bond donors (Lipinski definition) is 2. The van der Waals surface area contributed by atoms with Crippen LogP contribution in [0, 0.1) is 0 Å². The number of nitrogens with zero attached hydrogens (tertiary/aromatic N) is 3. The number of para-hydroxylation sites is 1. The van der Waals surface area contributed by atoms with Crippen molar-refractivity contribution in [2.75, 3.05) is 19.0 Å². The van der Waals surface area contributed by atoms with Gasteiger partial charge in [0.15, 0.2) is 11.5 Å². The lowest BCUT2D eigenvalue weighted by molar-refractivity contribution is 0.308. The zero-order chi connectivity index (χ0) is 12.8. The predicted octanol–water partition coefficient (Wildman–Crippen LogP) is 1.22. The third kappa shape index (κ3) is 2.68. The van der Waals surface area contributed by atoms with E-state index in [0.717, 1.165) is 11.3 Å². The summed E-state index contributed by atoms with van der Waals surface area (Å²) in [6.07, 6.45) is 0. The van der Waals surface area contributed by atoms with Crippen LogP contribution < -0.4 is 14.8 Å². The zero-order valence-corrected chi connectivity index (χ0v) is 10.3. The van der Waals surface area contributed by atoms with Crippen molar-refractivity contribution >= 4 is 5.95 Å². The van der Waals surface area contributed by atoms with E-state index in [0.29, 0.717) is 24.8 Å². The van der Waals surface area contributed by atoms with Gasteiger partial charge in [0.25, 0.3) is 5.95 Å². The minimum Gasteiger partial charge on any atom is -0.493 e. The molecule has 7 heteroatoms. The average Bonchev–Trinajstić information content (AvgIpc) is 2.91. The molecule has 0 aliphatic rings. The highest BCUT2D eigenvalue weighted by molar-refractivity contribution is 5.47. The van der Waals surface area contributed by atoms with Crippen molar-refractivity contribution in [2.45, 2.75) is 13.5 Å². The minimum absolute atomic E-state index is 0.445. The molecule has 1 aromatic heterocycles. The Kier molecular flexibility index (Phi) is 3.95. The number of nitrogens with one attached hydrogen (secondary N) is 2. The molecule has 0 bridgehead atoms. The summed E-state index contributed by atoms with van der Waals surface area (Å²) in [6.45, 7) is 3.05. The van der Waals surface area contributed by atoms with E-state index in [4.69, 9.17) is 9.47 Å². The first-order valence-corrected chi connectivity index (χ1v) is 5.61. The van der Waals surface area contributed by atoms with E-state index in [1.807, 2.05) is 25.1 Å². The van der Waals surface area contributed by atoms with Gasteiger partial charge in [-0.2, -0.15) is 5.21 Å². The number of hydrogen-bond acceptors (Lipinski definition) is 6. The molecule has 18 heavy (non-hydrogen) atoms. The topological polar surface area (TPSA) is 85.0 Å². The second kappa shape index (κ2) is 5.85. The van der Waals surface area contributed by atoms with Gasteiger partial charge in [0.1, 0.15) is 0 Å². The van der Waals surface area contributed by atoms with E-state index in [9.17, 15) is 0 Å². The van der Waals surface area contributed by atoms with Gasteiger partial charge in [-0.3, -0.25) is 0 Å². The van der Waals surface area contributed by atoms with Crippen molar-refractivity contribution < 1.29 is 9.47 Å². The molecule has 0 saturated heterocycles. The van der Waals surface area contributed by atoms with Crippen LogP contribution in [0.1, 0.15) is 12.5 Å². The van der Waals surface area contributed by atoms with Crippen LogP contribution in [0.4, 0.5) is 5.95 Å². The monoisotopic (exact) mass is 249 g/mol. The molecule has 96 valence electrons. The molecule has 1 aromatic carbocycles. The third-order valence-electron chi connectivity index (χ3n) is 2.35. The second-order valence-electron chi connectivity index (χ2n) is 3.47. The van der Waals surface area contributed by atoms with Crippen LogP contribution in [-0.4, -0.2) is 34.3 Å². The van der Waals surface area contributed by atoms with Crippen molar-refractivity contribution in [1.29, 1.82) is 0 Å². The number of anilines is 1. The molecule has 0 spiro atoms. The number of benzene rings is 1. The van der Waals surface area contributed by atoms with Gasteiger partial charge in [-0.25, -0.2) is 0 Å². The summed E-state index contributed by atoms with van der Waals surface area (Å²) in [5, 5.41) is 16.5. The Bertz CT molecular complexity index is 486. The number of aromatic amines is 1. The molecule has 0 amide bonds. The molecule has 0 atom stereocenters.